The third-order valence-electron chi connectivity index (χ3n) is 2.63. The van der Waals surface area contributed by atoms with Crippen molar-refractivity contribution in [2.75, 3.05) is 0 Å². The lowest BCUT2D eigenvalue weighted by Gasteiger charge is -1.96. The first-order valence-electron chi connectivity index (χ1n) is 5.10. The molecular weight excluding hydrogens is 190 g/mol. The van der Waals surface area contributed by atoms with Gasteiger partial charge in [-0.2, -0.15) is 5.10 Å². The zero-order valence-electron chi connectivity index (χ0n) is 9.53. The maximum Gasteiger partial charge on any atom is 0.247 e. The Morgan fingerprint density at radius 2 is 2.07 bits per heavy atom. The molecule has 0 aliphatic rings. The van der Waals surface area contributed by atoms with Gasteiger partial charge < -0.3 is 4.42 Å². The molecule has 80 valence electrons. The van der Waals surface area contributed by atoms with Gasteiger partial charge in [-0.25, -0.2) is 4.98 Å². The number of oxazole rings is 1. The first-order valence-corrected chi connectivity index (χ1v) is 5.10. The van der Waals surface area contributed by atoms with E-state index in [1.165, 1.54) is 5.69 Å². The molecule has 0 aliphatic heterocycles. The molecule has 0 N–H and O–H groups in total. The highest BCUT2D eigenvalue weighted by atomic mass is 16.3. The topological polar surface area (TPSA) is 43.9 Å². The molecule has 0 aromatic carbocycles. The van der Waals surface area contributed by atoms with Crippen molar-refractivity contribution >= 4 is 0 Å². The largest absolute Gasteiger partial charge is 0.443 e. The number of rotatable bonds is 2. The second-order valence-corrected chi connectivity index (χ2v) is 3.67. The van der Waals surface area contributed by atoms with E-state index in [0.717, 1.165) is 23.5 Å². The van der Waals surface area contributed by atoms with E-state index >= 15 is 0 Å². The number of hydrogen-bond acceptors (Lipinski definition) is 3. The molecule has 0 bridgehead atoms. The Hall–Kier alpha value is -1.58. The van der Waals surface area contributed by atoms with Gasteiger partial charge in [0.15, 0.2) is 5.69 Å². The smallest absolute Gasteiger partial charge is 0.247 e. The third-order valence-corrected chi connectivity index (χ3v) is 2.63. The summed E-state index contributed by atoms with van der Waals surface area (Å²) in [4.78, 5) is 4.29. The summed E-state index contributed by atoms with van der Waals surface area (Å²) >= 11 is 0. The van der Waals surface area contributed by atoms with Gasteiger partial charge in [0.25, 0.3) is 0 Å². The fourth-order valence-corrected chi connectivity index (χ4v) is 1.61. The molecule has 0 atom stereocenters. The van der Waals surface area contributed by atoms with Gasteiger partial charge in [0.2, 0.25) is 5.89 Å². The Bertz CT molecular complexity index is 482. The number of aromatic nitrogens is 3. The average molecular weight is 205 g/mol. The highest BCUT2D eigenvalue weighted by Crippen LogP contribution is 2.23. The normalized spacial score (nSPS) is 10.9. The van der Waals surface area contributed by atoms with Crippen LogP contribution in [-0.2, 0) is 6.54 Å². The van der Waals surface area contributed by atoms with Crippen molar-refractivity contribution < 1.29 is 4.42 Å². The maximum absolute atomic E-state index is 5.36. The van der Waals surface area contributed by atoms with E-state index in [-0.39, 0.29) is 0 Å². The molecule has 0 amide bonds. The zero-order valence-corrected chi connectivity index (χ0v) is 9.53. The summed E-state index contributed by atoms with van der Waals surface area (Å²) in [6.45, 7) is 8.96. The lowest BCUT2D eigenvalue weighted by molar-refractivity contribution is 0.565. The minimum Gasteiger partial charge on any atom is -0.443 e. The SMILES string of the molecule is CCn1nc(-c2nc(C)co2)c(C)c1C. The zero-order chi connectivity index (χ0) is 11.0. The molecule has 0 aliphatic carbocycles. The van der Waals surface area contributed by atoms with Gasteiger partial charge in [-0.1, -0.05) is 0 Å². The van der Waals surface area contributed by atoms with Gasteiger partial charge in [0.1, 0.15) is 6.26 Å². The number of aryl methyl sites for hydroxylation is 2. The predicted molar refractivity (Wildman–Crippen MR) is 57.6 cm³/mol. The van der Waals surface area contributed by atoms with Crippen molar-refractivity contribution in [3.05, 3.63) is 23.2 Å². The summed E-state index contributed by atoms with van der Waals surface area (Å²) < 4.78 is 7.32. The molecule has 0 fully saturated rings. The molecule has 0 radical (unpaired) electrons. The molecule has 4 nitrogen and oxygen atoms in total. The lowest BCUT2D eigenvalue weighted by Crippen LogP contribution is -1.98. The van der Waals surface area contributed by atoms with Crippen LogP contribution in [0.2, 0.25) is 0 Å². The van der Waals surface area contributed by atoms with E-state index in [2.05, 4.69) is 23.9 Å². The van der Waals surface area contributed by atoms with E-state index in [0.29, 0.717) is 5.89 Å². The lowest BCUT2D eigenvalue weighted by atomic mass is 10.2. The molecule has 0 unspecified atom stereocenters. The van der Waals surface area contributed by atoms with Gasteiger partial charge in [-0.15, -0.1) is 0 Å². The standard InChI is InChI=1S/C11H15N3O/c1-5-14-9(4)8(3)10(13-14)11-12-7(2)6-15-11/h6H,5H2,1-4H3. The van der Waals surface area contributed by atoms with Crippen LogP contribution < -0.4 is 0 Å². The van der Waals surface area contributed by atoms with Crippen LogP contribution in [0.5, 0.6) is 0 Å². The van der Waals surface area contributed by atoms with E-state index in [4.69, 9.17) is 4.42 Å². The van der Waals surface area contributed by atoms with Crippen LogP contribution in [0.25, 0.3) is 11.6 Å². The van der Waals surface area contributed by atoms with Crippen LogP contribution in [0.4, 0.5) is 0 Å². The van der Waals surface area contributed by atoms with Crippen LogP contribution in [0, 0.1) is 20.8 Å². The third kappa shape index (κ3) is 1.56. The predicted octanol–water partition coefficient (Wildman–Crippen LogP) is 2.48. The molecule has 2 aromatic rings. The highest BCUT2D eigenvalue weighted by Gasteiger charge is 2.15. The van der Waals surface area contributed by atoms with Crippen molar-refractivity contribution in [1.29, 1.82) is 0 Å². The van der Waals surface area contributed by atoms with Gasteiger partial charge in [0, 0.05) is 17.8 Å². The minimum atomic E-state index is 0.611. The van der Waals surface area contributed by atoms with Crippen molar-refractivity contribution in [2.45, 2.75) is 34.2 Å². The molecule has 2 heterocycles. The monoisotopic (exact) mass is 205 g/mol. The van der Waals surface area contributed by atoms with Crippen LogP contribution >= 0.6 is 0 Å². The van der Waals surface area contributed by atoms with Crippen LogP contribution in [-0.4, -0.2) is 14.8 Å². The Labute approximate surface area is 88.9 Å². The second-order valence-electron chi connectivity index (χ2n) is 3.67. The number of hydrogen-bond donors (Lipinski definition) is 0. The average Bonchev–Trinajstić information content (AvgIpc) is 2.74. The molecule has 15 heavy (non-hydrogen) atoms. The van der Waals surface area contributed by atoms with Crippen LogP contribution in [0.1, 0.15) is 23.9 Å². The van der Waals surface area contributed by atoms with E-state index in [9.17, 15) is 0 Å². The molecule has 2 rings (SSSR count). The first-order chi connectivity index (χ1) is 7.13. The quantitative estimate of drug-likeness (QED) is 0.756. The molecular formula is C11H15N3O. The van der Waals surface area contributed by atoms with Crippen molar-refractivity contribution in [1.82, 2.24) is 14.8 Å². The summed E-state index contributed by atoms with van der Waals surface area (Å²) in [7, 11) is 0. The summed E-state index contributed by atoms with van der Waals surface area (Å²) in [5.41, 5.74) is 4.04. The van der Waals surface area contributed by atoms with Crippen molar-refractivity contribution in [2.24, 2.45) is 0 Å². The summed E-state index contributed by atoms with van der Waals surface area (Å²) in [5.74, 6) is 0.611. The van der Waals surface area contributed by atoms with E-state index in [1.54, 1.807) is 6.26 Å². The summed E-state index contributed by atoms with van der Waals surface area (Å²) in [5, 5.41) is 4.47. The van der Waals surface area contributed by atoms with Crippen molar-refractivity contribution in [3.8, 4) is 11.6 Å². The van der Waals surface area contributed by atoms with Gasteiger partial charge >= 0.3 is 0 Å². The van der Waals surface area contributed by atoms with Crippen molar-refractivity contribution in [3.63, 3.8) is 0 Å². The minimum absolute atomic E-state index is 0.611. The maximum atomic E-state index is 5.36. The number of nitrogens with zero attached hydrogens (tertiary/aromatic N) is 3. The van der Waals surface area contributed by atoms with Gasteiger partial charge in [0.05, 0.1) is 5.69 Å². The molecule has 0 saturated carbocycles. The molecule has 4 heteroatoms. The van der Waals surface area contributed by atoms with Gasteiger partial charge in [-0.05, 0) is 27.7 Å². The fourth-order valence-electron chi connectivity index (χ4n) is 1.61. The highest BCUT2D eigenvalue weighted by molar-refractivity contribution is 5.54. The Morgan fingerprint density at radius 1 is 1.33 bits per heavy atom. The Balaban J connectivity index is 2.53. The van der Waals surface area contributed by atoms with Gasteiger partial charge in [-0.3, -0.25) is 4.68 Å². The van der Waals surface area contributed by atoms with E-state index < -0.39 is 0 Å². The molecule has 0 spiro atoms. The Morgan fingerprint density at radius 3 is 2.53 bits per heavy atom. The Kier molecular flexibility index (Phi) is 2.34. The van der Waals surface area contributed by atoms with Crippen LogP contribution in [0.15, 0.2) is 10.7 Å². The summed E-state index contributed by atoms with van der Waals surface area (Å²) in [6, 6.07) is 0. The molecule has 2 aromatic heterocycles. The van der Waals surface area contributed by atoms with Crippen LogP contribution in [0.3, 0.4) is 0 Å². The van der Waals surface area contributed by atoms with E-state index in [1.807, 2.05) is 18.5 Å². The summed E-state index contributed by atoms with van der Waals surface area (Å²) in [6.07, 6.45) is 1.65. The first kappa shape index (κ1) is 9.96. The molecule has 0 saturated heterocycles. The fraction of sp³-hybridized carbons (Fsp3) is 0.455. The second kappa shape index (κ2) is 3.53.